The zero-order chi connectivity index (χ0) is 21.4. The number of halogens is 1. The van der Waals surface area contributed by atoms with E-state index in [1.807, 2.05) is 57.2 Å². The molecule has 0 aliphatic carbocycles. The molecule has 4 rings (SSSR count). The Balaban J connectivity index is 2.10. The summed E-state index contributed by atoms with van der Waals surface area (Å²) >= 11 is 6.29. The molecule has 0 fully saturated rings. The number of benzene rings is 1. The first-order valence-corrected chi connectivity index (χ1v) is 10.3. The Bertz CT molecular complexity index is 1350. The van der Waals surface area contributed by atoms with Crippen molar-refractivity contribution in [1.82, 2.24) is 14.5 Å². The molecule has 1 N–H and O–H groups in total. The van der Waals surface area contributed by atoms with Gasteiger partial charge in [0.25, 0.3) is 5.56 Å². The Morgan fingerprint density at radius 3 is 2.50 bits per heavy atom. The Hall–Kier alpha value is -3.18. The van der Waals surface area contributed by atoms with Crippen LogP contribution < -0.4 is 11.0 Å². The second-order valence-corrected chi connectivity index (χ2v) is 7.93. The molecule has 0 spiro atoms. The van der Waals surface area contributed by atoms with Gasteiger partial charge < -0.3 is 9.55 Å². The van der Waals surface area contributed by atoms with Crippen molar-refractivity contribution in [2.75, 3.05) is 0 Å². The predicted octanol–water partition coefficient (Wildman–Crippen LogP) is 5.22. The van der Waals surface area contributed by atoms with E-state index in [-0.39, 0.29) is 22.1 Å². The topological polar surface area (TPSA) is 67.8 Å². The molecule has 3 aromatic heterocycles. The van der Waals surface area contributed by atoms with Crippen LogP contribution in [-0.2, 0) is 6.42 Å². The second-order valence-electron chi connectivity index (χ2n) is 7.53. The molecular formula is C24H22ClN3O2. The molecule has 152 valence electrons. The number of aryl methyl sites for hydroxylation is 1. The van der Waals surface area contributed by atoms with Gasteiger partial charge in [-0.25, -0.2) is 4.98 Å². The molecule has 5 nitrogen and oxygen atoms in total. The first kappa shape index (κ1) is 20.1. The molecule has 0 aliphatic heterocycles. The van der Waals surface area contributed by atoms with Crippen LogP contribution in [0.25, 0.3) is 33.4 Å². The fraction of sp³-hybridized carbons (Fsp3) is 0.208. The lowest BCUT2D eigenvalue weighted by atomic mass is 9.98. The Kier molecular flexibility index (Phi) is 5.31. The Morgan fingerprint density at radius 2 is 1.83 bits per heavy atom. The zero-order valence-electron chi connectivity index (χ0n) is 17.1. The van der Waals surface area contributed by atoms with E-state index in [2.05, 4.69) is 4.98 Å². The molecule has 3 heterocycles. The van der Waals surface area contributed by atoms with Gasteiger partial charge in [0.2, 0.25) is 0 Å². The van der Waals surface area contributed by atoms with Crippen molar-refractivity contribution in [3.05, 3.63) is 86.0 Å². The number of rotatable bonds is 4. The third kappa shape index (κ3) is 3.46. The smallest absolute Gasteiger partial charge is 0.269 e. The van der Waals surface area contributed by atoms with Crippen LogP contribution in [0, 0.1) is 0 Å². The minimum Gasteiger partial charge on any atom is -0.346 e. The highest BCUT2D eigenvalue weighted by Crippen LogP contribution is 2.33. The molecule has 0 aliphatic rings. The van der Waals surface area contributed by atoms with Gasteiger partial charge in [-0.15, -0.1) is 0 Å². The Morgan fingerprint density at radius 1 is 1.10 bits per heavy atom. The normalized spacial score (nSPS) is 11.4. The number of aromatic nitrogens is 3. The number of H-pyrrole nitrogens is 1. The molecule has 30 heavy (non-hydrogen) atoms. The van der Waals surface area contributed by atoms with Gasteiger partial charge in [-0.2, -0.15) is 0 Å². The molecular weight excluding hydrogens is 398 g/mol. The molecule has 4 aromatic rings. The maximum absolute atomic E-state index is 12.9. The van der Waals surface area contributed by atoms with E-state index in [0.29, 0.717) is 28.7 Å². The summed E-state index contributed by atoms with van der Waals surface area (Å²) in [4.78, 5) is 33.4. The summed E-state index contributed by atoms with van der Waals surface area (Å²) in [6.07, 6.45) is 4.14. The largest absolute Gasteiger partial charge is 0.346 e. The van der Waals surface area contributed by atoms with Gasteiger partial charge in [-0.3, -0.25) is 9.59 Å². The lowest BCUT2D eigenvalue weighted by Crippen LogP contribution is -2.21. The van der Waals surface area contributed by atoms with Gasteiger partial charge in [0.15, 0.2) is 5.43 Å². The number of hydrogen-bond acceptors (Lipinski definition) is 3. The highest BCUT2D eigenvalue weighted by atomic mass is 35.5. The lowest BCUT2D eigenvalue weighted by molar-refractivity contribution is 0.579. The van der Waals surface area contributed by atoms with Gasteiger partial charge in [0.1, 0.15) is 10.7 Å². The van der Waals surface area contributed by atoms with E-state index >= 15 is 0 Å². The number of nitrogens with zero attached hydrogens (tertiary/aromatic N) is 2. The zero-order valence-corrected chi connectivity index (χ0v) is 17.8. The molecule has 6 heteroatoms. The average Bonchev–Trinajstić information content (AvgIpc) is 2.75. The van der Waals surface area contributed by atoms with Crippen LogP contribution in [0.4, 0.5) is 0 Å². The molecule has 0 radical (unpaired) electrons. The first-order chi connectivity index (χ1) is 14.4. The van der Waals surface area contributed by atoms with E-state index < -0.39 is 0 Å². The van der Waals surface area contributed by atoms with Crippen molar-refractivity contribution in [2.45, 2.75) is 33.2 Å². The molecule has 0 bridgehead atoms. The van der Waals surface area contributed by atoms with Gasteiger partial charge >= 0.3 is 0 Å². The van der Waals surface area contributed by atoms with Crippen molar-refractivity contribution in [3.63, 3.8) is 0 Å². The number of nitrogens with one attached hydrogen (secondary N) is 1. The van der Waals surface area contributed by atoms with E-state index in [9.17, 15) is 9.59 Å². The fourth-order valence-electron chi connectivity index (χ4n) is 3.59. The molecule has 0 saturated carbocycles. The van der Waals surface area contributed by atoms with E-state index in [4.69, 9.17) is 16.6 Å². The number of hydrogen-bond donors (Lipinski definition) is 1. The maximum Gasteiger partial charge on any atom is 0.269 e. The quantitative estimate of drug-likeness (QED) is 0.493. The van der Waals surface area contributed by atoms with Crippen molar-refractivity contribution in [1.29, 1.82) is 0 Å². The molecule has 1 aromatic carbocycles. The van der Waals surface area contributed by atoms with Crippen LogP contribution in [0.1, 0.15) is 32.4 Å². The number of fused-ring (bicyclic) bond motifs is 1. The van der Waals surface area contributed by atoms with Gasteiger partial charge in [-0.05, 0) is 32.4 Å². The van der Waals surface area contributed by atoms with Crippen molar-refractivity contribution >= 4 is 22.6 Å². The summed E-state index contributed by atoms with van der Waals surface area (Å²) in [5.74, 6) is 0. The average molecular weight is 420 g/mol. The highest BCUT2D eigenvalue weighted by molar-refractivity contribution is 6.30. The monoisotopic (exact) mass is 419 g/mol. The maximum atomic E-state index is 12.9. The SMILES string of the molecule is CCc1c[nH]c2nc(-c3ccccc3)c(-c3cc(Cl)c(=O)n(C(C)C)c3)cc2c1=O. The van der Waals surface area contributed by atoms with Gasteiger partial charge in [0.05, 0.1) is 11.1 Å². The van der Waals surface area contributed by atoms with E-state index in [1.165, 1.54) is 0 Å². The highest BCUT2D eigenvalue weighted by Gasteiger charge is 2.17. The minimum atomic E-state index is -0.239. The Labute approximate surface area is 179 Å². The third-order valence-electron chi connectivity index (χ3n) is 5.24. The summed E-state index contributed by atoms with van der Waals surface area (Å²) in [5, 5.41) is 0.652. The van der Waals surface area contributed by atoms with Crippen molar-refractivity contribution in [3.8, 4) is 22.4 Å². The lowest BCUT2D eigenvalue weighted by Gasteiger charge is -2.16. The fourth-order valence-corrected chi connectivity index (χ4v) is 3.80. The second kappa shape index (κ2) is 7.92. The number of pyridine rings is 3. The van der Waals surface area contributed by atoms with Crippen LogP contribution in [0.15, 0.2) is 64.4 Å². The van der Waals surface area contributed by atoms with Gasteiger partial charge in [-0.1, -0.05) is 48.9 Å². The van der Waals surface area contributed by atoms with Crippen LogP contribution in [-0.4, -0.2) is 14.5 Å². The van der Waals surface area contributed by atoms with E-state index in [1.54, 1.807) is 23.0 Å². The first-order valence-electron chi connectivity index (χ1n) is 9.93. The summed E-state index contributed by atoms with van der Waals surface area (Å²) in [7, 11) is 0. The van der Waals surface area contributed by atoms with Gasteiger partial charge in [0, 0.05) is 40.7 Å². The van der Waals surface area contributed by atoms with Crippen LogP contribution >= 0.6 is 11.6 Å². The molecule has 0 unspecified atom stereocenters. The van der Waals surface area contributed by atoms with E-state index in [0.717, 1.165) is 16.7 Å². The van der Waals surface area contributed by atoms with Crippen molar-refractivity contribution < 1.29 is 0 Å². The van der Waals surface area contributed by atoms with Crippen LogP contribution in [0.3, 0.4) is 0 Å². The third-order valence-corrected chi connectivity index (χ3v) is 5.51. The summed E-state index contributed by atoms with van der Waals surface area (Å²) in [6.45, 7) is 5.80. The minimum absolute atomic E-state index is 0.0390. The summed E-state index contributed by atoms with van der Waals surface area (Å²) < 4.78 is 1.60. The number of aromatic amines is 1. The van der Waals surface area contributed by atoms with Crippen molar-refractivity contribution in [2.24, 2.45) is 0 Å². The summed E-state index contributed by atoms with van der Waals surface area (Å²) in [6, 6.07) is 13.2. The summed E-state index contributed by atoms with van der Waals surface area (Å²) in [5.41, 5.74) is 4.07. The molecule has 0 saturated heterocycles. The molecule has 0 amide bonds. The standard InChI is InChI=1S/C24H22ClN3O2/c1-4-15-12-26-23-19(22(15)29)11-18(21(27-23)16-8-6-5-7-9-16)17-10-20(25)24(30)28(13-17)14(2)3/h5-14H,4H2,1-3H3,(H,26,27,29). The predicted molar refractivity (Wildman–Crippen MR) is 122 cm³/mol. The van der Waals surface area contributed by atoms with Crippen LogP contribution in [0.2, 0.25) is 5.02 Å². The van der Waals surface area contributed by atoms with Crippen LogP contribution in [0.5, 0.6) is 0 Å². The molecule has 0 atom stereocenters.